The maximum atomic E-state index is 2.57. The number of hydrogen-bond donors (Lipinski definition) is 0. The molecule has 0 aliphatic heterocycles. The van der Waals surface area contributed by atoms with E-state index in [0.29, 0.717) is 10.8 Å². The molecule has 2 bridgehead atoms. The van der Waals surface area contributed by atoms with Crippen LogP contribution in [0.25, 0.3) is 0 Å². The zero-order chi connectivity index (χ0) is 10.6. The van der Waals surface area contributed by atoms with Crippen LogP contribution in [-0.4, -0.2) is 0 Å². The number of hydrogen-bond acceptors (Lipinski definition) is 0. The van der Waals surface area contributed by atoms with Crippen molar-refractivity contribution in [2.75, 3.05) is 0 Å². The van der Waals surface area contributed by atoms with E-state index >= 15 is 0 Å². The van der Waals surface area contributed by atoms with E-state index in [9.17, 15) is 0 Å². The third-order valence-electron chi connectivity index (χ3n) is 6.14. The van der Waals surface area contributed by atoms with Gasteiger partial charge in [0.15, 0.2) is 0 Å². The fourth-order valence-electron chi connectivity index (χ4n) is 5.05. The van der Waals surface area contributed by atoms with Crippen LogP contribution < -0.4 is 0 Å². The molecule has 2 saturated carbocycles. The highest BCUT2D eigenvalue weighted by Crippen LogP contribution is 2.71. The van der Waals surface area contributed by atoms with E-state index in [1.807, 2.05) is 0 Å². The highest BCUT2D eigenvalue weighted by Gasteiger charge is 2.64. The lowest BCUT2D eigenvalue weighted by atomic mass is 9.65. The van der Waals surface area contributed by atoms with Crippen molar-refractivity contribution >= 4 is 0 Å². The fraction of sp³-hybridized carbons (Fsp3) is 1.00. The molecule has 0 amide bonds. The summed E-state index contributed by atoms with van der Waals surface area (Å²) < 4.78 is 0. The van der Waals surface area contributed by atoms with Crippen LogP contribution in [0.15, 0.2) is 0 Å². The summed E-state index contributed by atoms with van der Waals surface area (Å²) in [5.74, 6) is 3.04. The van der Waals surface area contributed by atoms with E-state index in [1.165, 1.54) is 25.7 Å². The predicted octanol–water partition coefficient (Wildman–Crippen LogP) is 4.49. The van der Waals surface area contributed by atoms with Gasteiger partial charge in [0.2, 0.25) is 0 Å². The molecule has 2 rings (SSSR count). The molecular weight excluding hydrogens is 168 g/mol. The Bertz CT molecular complexity index is 228. The van der Waals surface area contributed by atoms with Crippen LogP contribution in [0.1, 0.15) is 60.3 Å². The van der Waals surface area contributed by atoms with Crippen LogP contribution in [0, 0.1) is 28.6 Å². The first-order chi connectivity index (χ1) is 6.49. The van der Waals surface area contributed by atoms with Gasteiger partial charge < -0.3 is 0 Å². The molecule has 2 aliphatic rings. The molecule has 0 heteroatoms. The Morgan fingerprint density at radius 3 is 2.14 bits per heavy atom. The number of rotatable bonds is 2. The monoisotopic (exact) mass is 194 g/mol. The van der Waals surface area contributed by atoms with Crippen molar-refractivity contribution in [3.63, 3.8) is 0 Å². The lowest BCUT2D eigenvalue weighted by molar-refractivity contribution is 0.0898. The van der Waals surface area contributed by atoms with Gasteiger partial charge in [-0.2, -0.15) is 0 Å². The lowest BCUT2D eigenvalue weighted by Crippen LogP contribution is -2.32. The molecule has 82 valence electrons. The van der Waals surface area contributed by atoms with Gasteiger partial charge in [-0.05, 0) is 41.4 Å². The van der Waals surface area contributed by atoms with E-state index in [2.05, 4.69) is 34.6 Å². The van der Waals surface area contributed by atoms with Crippen LogP contribution in [0.5, 0.6) is 0 Å². The van der Waals surface area contributed by atoms with Crippen molar-refractivity contribution < 1.29 is 0 Å². The molecule has 2 fully saturated rings. The minimum atomic E-state index is 0.606. The van der Waals surface area contributed by atoms with E-state index < -0.39 is 0 Å². The van der Waals surface area contributed by atoms with Gasteiger partial charge in [0, 0.05) is 0 Å². The maximum absolute atomic E-state index is 2.57. The van der Waals surface area contributed by atoms with E-state index in [1.54, 1.807) is 0 Å². The first-order valence-corrected chi connectivity index (χ1v) is 6.49. The summed E-state index contributed by atoms with van der Waals surface area (Å²) in [6.45, 7) is 12.4. The molecule has 0 radical (unpaired) electrons. The average molecular weight is 194 g/mol. The van der Waals surface area contributed by atoms with Gasteiger partial charge in [-0.3, -0.25) is 0 Å². The molecule has 0 aromatic carbocycles. The average Bonchev–Trinajstić information content (AvgIpc) is 2.46. The molecular formula is C14H26. The molecule has 0 saturated heterocycles. The van der Waals surface area contributed by atoms with Crippen molar-refractivity contribution in [1.82, 2.24) is 0 Å². The molecule has 2 aliphatic carbocycles. The summed E-state index contributed by atoms with van der Waals surface area (Å²) in [5, 5.41) is 0. The van der Waals surface area contributed by atoms with Crippen LogP contribution in [0.2, 0.25) is 0 Å². The van der Waals surface area contributed by atoms with E-state index in [-0.39, 0.29) is 0 Å². The topological polar surface area (TPSA) is 0 Å². The van der Waals surface area contributed by atoms with Gasteiger partial charge in [0.25, 0.3) is 0 Å². The van der Waals surface area contributed by atoms with Gasteiger partial charge in [0.1, 0.15) is 0 Å². The minimum absolute atomic E-state index is 0.606. The standard InChI is InChI=1S/C14H26/c1-6-10-11(7-2)14(5)9-8-12(10)13(14,3)4/h10-12H,6-9H2,1-5H3. The Kier molecular flexibility index (Phi) is 2.25. The van der Waals surface area contributed by atoms with Crippen molar-refractivity contribution in [2.45, 2.75) is 60.3 Å². The molecule has 0 heterocycles. The van der Waals surface area contributed by atoms with Crippen LogP contribution >= 0.6 is 0 Å². The Morgan fingerprint density at radius 2 is 1.71 bits per heavy atom. The van der Waals surface area contributed by atoms with Gasteiger partial charge in [-0.25, -0.2) is 0 Å². The van der Waals surface area contributed by atoms with Crippen molar-refractivity contribution in [3.8, 4) is 0 Å². The molecule has 0 spiro atoms. The predicted molar refractivity (Wildman–Crippen MR) is 62.2 cm³/mol. The third-order valence-corrected chi connectivity index (χ3v) is 6.14. The highest BCUT2D eigenvalue weighted by molar-refractivity contribution is 5.12. The van der Waals surface area contributed by atoms with E-state index in [0.717, 1.165) is 17.8 Å². The Balaban J connectivity index is 2.38. The first-order valence-electron chi connectivity index (χ1n) is 6.49. The quantitative estimate of drug-likeness (QED) is 0.607. The number of fused-ring (bicyclic) bond motifs is 2. The fourth-order valence-corrected chi connectivity index (χ4v) is 5.05. The van der Waals surface area contributed by atoms with Gasteiger partial charge in [-0.15, -0.1) is 0 Å². The summed E-state index contributed by atoms with van der Waals surface area (Å²) >= 11 is 0. The van der Waals surface area contributed by atoms with Crippen LogP contribution in [0.4, 0.5) is 0 Å². The van der Waals surface area contributed by atoms with Crippen molar-refractivity contribution in [3.05, 3.63) is 0 Å². The molecule has 14 heavy (non-hydrogen) atoms. The summed E-state index contributed by atoms with van der Waals surface area (Å²) in [6, 6.07) is 0. The molecule has 0 N–H and O–H groups in total. The molecule has 0 aromatic rings. The van der Waals surface area contributed by atoms with Crippen molar-refractivity contribution in [2.24, 2.45) is 28.6 Å². The normalized spacial score (nSPS) is 49.9. The van der Waals surface area contributed by atoms with Crippen LogP contribution in [0.3, 0.4) is 0 Å². The molecule has 4 unspecified atom stereocenters. The Labute approximate surface area is 89.5 Å². The minimum Gasteiger partial charge on any atom is -0.0651 e. The van der Waals surface area contributed by atoms with Crippen molar-refractivity contribution in [1.29, 1.82) is 0 Å². The smallest absolute Gasteiger partial charge is 0.0241 e. The van der Waals surface area contributed by atoms with Gasteiger partial charge in [-0.1, -0.05) is 47.5 Å². The zero-order valence-corrected chi connectivity index (χ0v) is 10.6. The molecule has 0 nitrogen and oxygen atoms in total. The Morgan fingerprint density at radius 1 is 1.07 bits per heavy atom. The SMILES string of the molecule is CCC1C2CCC(C)(C1CC)C2(C)C. The molecule has 0 aromatic heterocycles. The maximum Gasteiger partial charge on any atom is -0.0241 e. The second kappa shape index (κ2) is 3.00. The summed E-state index contributed by atoms with van der Waals surface area (Å²) in [4.78, 5) is 0. The molecule has 4 atom stereocenters. The second-order valence-electron chi connectivity index (χ2n) is 6.37. The third kappa shape index (κ3) is 0.955. The highest BCUT2D eigenvalue weighted by atomic mass is 14.7. The van der Waals surface area contributed by atoms with Crippen LogP contribution in [-0.2, 0) is 0 Å². The van der Waals surface area contributed by atoms with Gasteiger partial charge in [0.05, 0.1) is 0 Å². The van der Waals surface area contributed by atoms with Gasteiger partial charge >= 0.3 is 0 Å². The first kappa shape index (κ1) is 10.5. The zero-order valence-electron chi connectivity index (χ0n) is 10.6. The summed E-state index contributed by atoms with van der Waals surface area (Å²) in [6.07, 6.45) is 5.79. The second-order valence-corrected chi connectivity index (χ2v) is 6.37. The largest absolute Gasteiger partial charge is 0.0651 e. The summed E-state index contributed by atoms with van der Waals surface area (Å²) in [7, 11) is 0. The Hall–Kier alpha value is 0. The van der Waals surface area contributed by atoms with E-state index in [4.69, 9.17) is 0 Å². The lowest BCUT2D eigenvalue weighted by Gasteiger charge is -2.40. The summed E-state index contributed by atoms with van der Waals surface area (Å²) in [5.41, 5.74) is 1.25.